The van der Waals surface area contributed by atoms with Crippen molar-refractivity contribution in [1.29, 1.82) is 0 Å². The molecular weight excluding hydrogens is 580 g/mol. The smallest absolute Gasteiger partial charge is 0.319 e. The second-order valence-electron chi connectivity index (χ2n) is 10.9. The van der Waals surface area contributed by atoms with Crippen LogP contribution in [0.15, 0.2) is 51.8 Å². The Kier molecular flexibility index (Phi) is 6.65. The molecule has 2 aromatic carbocycles. The number of piperidine rings is 1. The summed E-state index contributed by atoms with van der Waals surface area (Å²) in [6, 6.07) is 9.30. The van der Waals surface area contributed by atoms with Crippen LogP contribution in [-0.4, -0.2) is 68.4 Å². The lowest BCUT2D eigenvalue weighted by Crippen LogP contribution is -2.60. The number of methoxy groups -OCH3 is 3. The number of rotatable bonds is 5. The molecule has 9 nitrogen and oxygen atoms in total. The highest BCUT2D eigenvalue weighted by atomic mass is 79.9. The molecule has 2 bridgehead atoms. The van der Waals surface area contributed by atoms with Crippen LogP contribution in [0.2, 0.25) is 0 Å². The highest BCUT2D eigenvalue weighted by Crippen LogP contribution is 2.59. The van der Waals surface area contributed by atoms with Crippen molar-refractivity contribution >= 4 is 33.4 Å². The summed E-state index contributed by atoms with van der Waals surface area (Å²) in [5.74, 6) is -0.822. The number of ketones is 1. The van der Waals surface area contributed by atoms with Gasteiger partial charge >= 0.3 is 5.97 Å². The monoisotopic (exact) mass is 610 g/mol. The number of esters is 1. The quantitative estimate of drug-likeness (QED) is 0.505. The van der Waals surface area contributed by atoms with Crippen LogP contribution >= 0.6 is 15.9 Å². The first-order chi connectivity index (χ1) is 19.2. The van der Waals surface area contributed by atoms with Gasteiger partial charge in [-0.25, -0.2) is 0 Å². The predicted molar refractivity (Wildman–Crippen MR) is 149 cm³/mol. The van der Waals surface area contributed by atoms with Gasteiger partial charge in [0.05, 0.1) is 21.3 Å². The Bertz CT molecular complexity index is 1470. The molecule has 0 spiro atoms. The summed E-state index contributed by atoms with van der Waals surface area (Å²) in [6.07, 6.45) is 2.58. The van der Waals surface area contributed by atoms with E-state index >= 15 is 0 Å². The number of halogens is 1. The Morgan fingerprint density at radius 3 is 2.73 bits per heavy atom. The molecule has 0 aromatic heterocycles. The normalized spacial score (nSPS) is 29.0. The first kappa shape index (κ1) is 26.8. The number of allylic oxidation sites excluding steroid dienone is 1. The number of likely N-dealkylation sites (N-methyl/N-ethyl adjacent to an activating group) is 1. The SMILES string of the molecule is COC(=O)[C@H]1C(c2cccc(Br)c2)=NO[C@@H]1c1cc(OC)c(O)c2c1C[C@H]1C3C=C(OC)C(=O)C[C@@]23CCN1C. The molecule has 40 heavy (non-hydrogen) atoms. The van der Waals surface area contributed by atoms with Crippen LogP contribution in [0, 0.1) is 11.8 Å². The van der Waals surface area contributed by atoms with Crippen molar-refractivity contribution in [2.45, 2.75) is 36.8 Å². The van der Waals surface area contributed by atoms with Crippen molar-refractivity contribution in [1.82, 2.24) is 4.90 Å². The van der Waals surface area contributed by atoms with Gasteiger partial charge in [-0.15, -0.1) is 0 Å². The van der Waals surface area contributed by atoms with Gasteiger partial charge < -0.3 is 29.1 Å². The number of carbonyl (C=O) groups excluding carboxylic acids is 2. The molecule has 1 unspecified atom stereocenters. The maximum Gasteiger partial charge on any atom is 0.319 e. The number of aromatic hydroxyl groups is 1. The number of benzene rings is 2. The lowest BCUT2D eigenvalue weighted by atomic mass is 9.53. The molecule has 6 rings (SSSR count). The second kappa shape index (κ2) is 9.92. The number of likely N-dealkylation sites (tertiary alicyclic amines) is 1. The van der Waals surface area contributed by atoms with Crippen molar-refractivity contribution in [3.8, 4) is 11.5 Å². The van der Waals surface area contributed by atoms with Crippen LogP contribution < -0.4 is 4.74 Å². The number of phenols is 1. The summed E-state index contributed by atoms with van der Waals surface area (Å²) in [4.78, 5) is 34.9. The number of carbonyl (C=O) groups is 2. The number of fused-ring (bicyclic) bond motifs is 1. The molecule has 2 aliphatic heterocycles. The van der Waals surface area contributed by atoms with Gasteiger partial charge in [-0.05, 0) is 56.3 Å². The molecule has 2 aliphatic carbocycles. The average Bonchev–Trinajstić information content (AvgIpc) is 3.39. The minimum absolute atomic E-state index is 0.0251. The zero-order valence-corrected chi connectivity index (χ0v) is 24.4. The zero-order valence-electron chi connectivity index (χ0n) is 22.8. The van der Waals surface area contributed by atoms with Gasteiger partial charge in [0.2, 0.25) is 0 Å². The van der Waals surface area contributed by atoms with Crippen LogP contribution in [0.4, 0.5) is 0 Å². The molecule has 1 fully saturated rings. The lowest BCUT2D eigenvalue weighted by molar-refractivity contribution is -0.146. The van der Waals surface area contributed by atoms with Crippen molar-refractivity contribution < 1.29 is 33.7 Å². The molecule has 2 aromatic rings. The van der Waals surface area contributed by atoms with Crippen molar-refractivity contribution in [3.05, 3.63) is 68.9 Å². The number of phenolic OH excluding ortho intramolecular Hbond substituents is 1. The van der Waals surface area contributed by atoms with Gasteiger partial charge in [0, 0.05) is 45.0 Å². The van der Waals surface area contributed by atoms with Gasteiger partial charge in [0.1, 0.15) is 11.6 Å². The lowest BCUT2D eigenvalue weighted by Gasteiger charge is -2.57. The minimum Gasteiger partial charge on any atom is -0.504 e. The molecule has 0 radical (unpaired) electrons. The summed E-state index contributed by atoms with van der Waals surface area (Å²) in [5.41, 5.74) is 2.79. The van der Waals surface area contributed by atoms with Crippen LogP contribution in [0.3, 0.4) is 0 Å². The molecule has 2 heterocycles. The summed E-state index contributed by atoms with van der Waals surface area (Å²) in [6.45, 7) is 0.775. The van der Waals surface area contributed by atoms with Gasteiger partial charge in [0.25, 0.3) is 0 Å². The van der Waals surface area contributed by atoms with E-state index in [1.807, 2.05) is 30.3 Å². The molecule has 210 valence electrons. The molecule has 1 N–H and O–H groups in total. The van der Waals surface area contributed by atoms with Gasteiger partial charge in [-0.1, -0.05) is 33.2 Å². The van der Waals surface area contributed by atoms with Crippen molar-refractivity contribution in [2.75, 3.05) is 34.9 Å². The number of Topliss-reactive ketones (excluding diaryl/α,β-unsaturated/α-hetero) is 1. The van der Waals surface area contributed by atoms with E-state index in [0.717, 1.165) is 22.1 Å². The van der Waals surface area contributed by atoms with Crippen molar-refractivity contribution in [3.63, 3.8) is 0 Å². The Labute approximate surface area is 240 Å². The number of ether oxygens (including phenoxy) is 3. The van der Waals surface area contributed by atoms with E-state index in [1.54, 1.807) is 6.07 Å². The third-order valence-corrected chi connectivity index (χ3v) is 9.61. The molecule has 0 amide bonds. The van der Waals surface area contributed by atoms with E-state index in [4.69, 9.17) is 19.0 Å². The molecule has 0 saturated carbocycles. The Morgan fingerprint density at radius 1 is 1.23 bits per heavy atom. The van der Waals surface area contributed by atoms with Gasteiger partial charge in [-0.2, -0.15) is 0 Å². The van der Waals surface area contributed by atoms with E-state index in [-0.39, 0.29) is 35.7 Å². The van der Waals surface area contributed by atoms with E-state index in [0.29, 0.717) is 35.4 Å². The average molecular weight is 611 g/mol. The topological polar surface area (TPSA) is 107 Å². The maximum atomic E-state index is 13.3. The third-order valence-electron chi connectivity index (χ3n) is 9.11. The summed E-state index contributed by atoms with van der Waals surface area (Å²) in [7, 11) is 6.44. The largest absolute Gasteiger partial charge is 0.504 e. The van der Waals surface area contributed by atoms with Crippen LogP contribution in [0.25, 0.3) is 0 Å². The first-order valence-electron chi connectivity index (χ1n) is 13.2. The molecule has 10 heteroatoms. The van der Waals surface area contributed by atoms with Crippen LogP contribution in [-0.2, 0) is 35.7 Å². The second-order valence-corrected chi connectivity index (χ2v) is 11.8. The number of hydrogen-bond donors (Lipinski definition) is 1. The Hall–Kier alpha value is -3.37. The first-order valence-corrected chi connectivity index (χ1v) is 14.0. The Balaban J connectivity index is 1.55. The fourth-order valence-electron chi connectivity index (χ4n) is 7.24. The fourth-order valence-corrected chi connectivity index (χ4v) is 7.64. The number of nitrogens with zero attached hydrogens (tertiary/aromatic N) is 2. The van der Waals surface area contributed by atoms with E-state index in [2.05, 4.69) is 33.0 Å². The van der Waals surface area contributed by atoms with E-state index < -0.39 is 23.4 Å². The standard InChI is InChI=1S/C30H31BrN2O7/c1-33-9-8-30-14-21(34)22(37-2)13-19(30)20(33)11-17-18(12-23(38-3)27(35)25(17)30)28-24(29(36)39-4)26(32-40-28)15-6-5-7-16(31)10-15/h5-7,10,12-13,19-20,24,28,35H,8-9,11,14H2,1-4H3/t19?,20-,24-,28+,30+/m0/s1. The van der Waals surface area contributed by atoms with Crippen molar-refractivity contribution in [2.24, 2.45) is 17.0 Å². The fraction of sp³-hybridized carbons (Fsp3) is 0.433. The summed E-state index contributed by atoms with van der Waals surface area (Å²) < 4.78 is 17.2. The third kappa shape index (κ3) is 3.87. The minimum atomic E-state index is -0.849. The van der Waals surface area contributed by atoms with Crippen LogP contribution in [0.5, 0.6) is 11.5 Å². The van der Waals surface area contributed by atoms with Gasteiger partial charge in [-0.3, -0.25) is 9.59 Å². The van der Waals surface area contributed by atoms with E-state index in [1.165, 1.54) is 21.3 Å². The molecule has 5 atom stereocenters. The summed E-state index contributed by atoms with van der Waals surface area (Å²) in [5, 5.41) is 16.0. The molecular formula is C30H31BrN2O7. The highest BCUT2D eigenvalue weighted by molar-refractivity contribution is 9.10. The molecule has 4 aliphatic rings. The van der Waals surface area contributed by atoms with Crippen LogP contribution in [0.1, 0.15) is 41.2 Å². The highest BCUT2D eigenvalue weighted by Gasteiger charge is 2.58. The summed E-state index contributed by atoms with van der Waals surface area (Å²) >= 11 is 3.50. The Morgan fingerprint density at radius 2 is 2.02 bits per heavy atom. The van der Waals surface area contributed by atoms with E-state index in [9.17, 15) is 14.7 Å². The van der Waals surface area contributed by atoms with Gasteiger partial charge in [0.15, 0.2) is 29.1 Å². The number of oxime groups is 1. The zero-order chi connectivity index (χ0) is 28.3. The number of hydrogen-bond acceptors (Lipinski definition) is 9. The molecule has 1 saturated heterocycles. The maximum absolute atomic E-state index is 13.3. The predicted octanol–water partition coefficient (Wildman–Crippen LogP) is 4.05.